The summed E-state index contributed by atoms with van der Waals surface area (Å²) in [6.45, 7) is 4.93. The molecule has 0 aliphatic heterocycles. The van der Waals surface area contributed by atoms with E-state index in [-0.39, 0.29) is 5.75 Å². The van der Waals surface area contributed by atoms with E-state index in [1.54, 1.807) is 20.8 Å². The summed E-state index contributed by atoms with van der Waals surface area (Å²) in [5, 5.41) is 14.9. The van der Waals surface area contributed by atoms with E-state index in [1.807, 2.05) is 91.0 Å². The molecule has 0 aromatic heterocycles. The van der Waals surface area contributed by atoms with Crippen molar-refractivity contribution in [2.24, 2.45) is 5.73 Å². The van der Waals surface area contributed by atoms with Gasteiger partial charge < -0.3 is 26.2 Å². The number of carbonyl (C=O) groups is 4. The number of rotatable bonds is 12. The van der Waals surface area contributed by atoms with Crippen LogP contribution in [0.25, 0.3) is 0 Å². The first-order valence-electron chi connectivity index (χ1n) is 13.0. The first-order valence-corrected chi connectivity index (χ1v) is 14.0. The molecule has 3 rings (SSSR count). The monoisotopic (exact) mass is 577 g/mol. The number of amides is 3. The van der Waals surface area contributed by atoms with Crippen LogP contribution in [0, 0.1) is 0 Å². The molecule has 0 saturated heterocycles. The fraction of sp³-hybridized carbons (Fsp3) is 0.290. The second kappa shape index (κ2) is 13.8. The minimum absolute atomic E-state index is 0.0461. The minimum atomic E-state index is -1.42. The Balaban J connectivity index is 1.94. The van der Waals surface area contributed by atoms with Gasteiger partial charge in [0, 0.05) is 5.75 Å². The van der Waals surface area contributed by atoms with Gasteiger partial charge in [-0.25, -0.2) is 9.59 Å². The standard InChI is InChI=1S/C31H35N3O6S/c1-30(2,3)40-29(39)34-24(19-26(32)35)27(36)33-25(28(37)38)20-41-31(21-13-7-4-8-14-21,22-15-9-5-10-16-22)23-17-11-6-12-18-23/h4-18,24-25H,19-20H2,1-3H3,(H2,32,35)(H,33,36)(H,34,39)(H,37,38). The molecule has 0 heterocycles. The third kappa shape index (κ3) is 8.59. The summed E-state index contributed by atoms with van der Waals surface area (Å²) in [4.78, 5) is 49.5. The van der Waals surface area contributed by atoms with Crippen molar-refractivity contribution in [1.82, 2.24) is 10.6 Å². The second-order valence-corrected chi connectivity index (χ2v) is 11.6. The molecule has 41 heavy (non-hydrogen) atoms. The highest BCUT2D eigenvalue weighted by Crippen LogP contribution is 2.48. The fourth-order valence-electron chi connectivity index (χ4n) is 4.28. The average Bonchev–Trinajstić information content (AvgIpc) is 2.92. The molecule has 3 amide bonds. The van der Waals surface area contributed by atoms with Gasteiger partial charge in [0.05, 0.1) is 11.2 Å². The predicted molar refractivity (Wildman–Crippen MR) is 158 cm³/mol. The van der Waals surface area contributed by atoms with E-state index >= 15 is 0 Å². The number of carboxylic acids is 1. The van der Waals surface area contributed by atoms with Crippen LogP contribution >= 0.6 is 11.8 Å². The second-order valence-electron chi connectivity index (χ2n) is 10.4. The summed E-state index contributed by atoms with van der Waals surface area (Å²) in [5.41, 5.74) is 7.23. The van der Waals surface area contributed by atoms with Gasteiger partial charge in [-0.05, 0) is 37.5 Å². The van der Waals surface area contributed by atoms with Crippen molar-refractivity contribution >= 4 is 35.6 Å². The Labute approximate surface area is 243 Å². The van der Waals surface area contributed by atoms with Crippen LogP contribution in [0.5, 0.6) is 0 Å². The van der Waals surface area contributed by atoms with Crippen molar-refractivity contribution in [3.63, 3.8) is 0 Å². The lowest BCUT2D eigenvalue weighted by molar-refractivity contribution is -0.141. The average molecular weight is 578 g/mol. The number of hydrogen-bond donors (Lipinski definition) is 4. The van der Waals surface area contributed by atoms with Crippen LogP contribution < -0.4 is 16.4 Å². The van der Waals surface area contributed by atoms with Gasteiger partial charge in [0.2, 0.25) is 11.8 Å². The van der Waals surface area contributed by atoms with E-state index in [1.165, 1.54) is 11.8 Å². The van der Waals surface area contributed by atoms with E-state index in [4.69, 9.17) is 10.5 Å². The maximum Gasteiger partial charge on any atom is 0.408 e. The molecule has 0 saturated carbocycles. The summed E-state index contributed by atoms with van der Waals surface area (Å²) in [6, 6.07) is 26.4. The van der Waals surface area contributed by atoms with Crippen molar-refractivity contribution in [1.29, 1.82) is 0 Å². The number of aliphatic carboxylic acids is 1. The molecular weight excluding hydrogens is 542 g/mol. The van der Waals surface area contributed by atoms with E-state index in [9.17, 15) is 24.3 Å². The molecule has 2 unspecified atom stereocenters. The van der Waals surface area contributed by atoms with Crippen LogP contribution in [0.1, 0.15) is 43.9 Å². The highest BCUT2D eigenvalue weighted by atomic mass is 32.2. The normalized spacial score (nSPS) is 13.0. The van der Waals surface area contributed by atoms with Crippen molar-refractivity contribution in [2.75, 3.05) is 5.75 Å². The number of carbonyl (C=O) groups excluding carboxylic acids is 3. The molecule has 0 aliphatic carbocycles. The van der Waals surface area contributed by atoms with Crippen LogP contribution in [0.15, 0.2) is 91.0 Å². The number of primary amides is 1. The Morgan fingerprint density at radius 2 is 1.22 bits per heavy atom. The smallest absolute Gasteiger partial charge is 0.408 e. The number of thioether (sulfide) groups is 1. The largest absolute Gasteiger partial charge is 0.480 e. The summed E-state index contributed by atoms with van der Waals surface area (Å²) < 4.78 is 4.37. The lowest BCUT2D eigenvalue weighted by Crippen LogP contribution is -2.54. The number of ether oxygens (including phenoxy) is 1. The molecule has 0 aliphatic rings. The zero-order valence-corrected chi connectivity index (χ0v) is 24.0. The Morgan fingerprint density at radius 1 is 0.780 bits per heavy atom. The molecule has 0 radical (unpaired) electrons. The van der Waals surface area contributed by atoms with Crippen LogP contribution in [0.3, 0.4) is 0 Å². The number of hydrogen-bond acceptors (Lipinski definition) is 6. The number of benzene rings is 3. The van der Waals surface area contributed by atoms with Crippen molar-refractivity contribution in [3.8, 4) is 0 Å². The molecule has 0 fully saturated rings. The Hall–Kier alpha value is -4.31. The molecule has 0 spiro atoms. The van der Waals surface area contributed by atoms with Gasteiger partial charge in [0.1, 0.15) is 17.7 Å². The molecule has 5 N–H and O–H groups in total. The zero-order chi connectivity index (χ0) is 30.0. The highest BCUT2D eigenvalue weighted by Gasteiger charge is 2.39. The van der Waals surface area contributed by atoms with E-state index in [0.717, 1.165) is 16.7 Å². The lowest BCUT2D eigenvalue weighted by atomic mass is 9.84. The van der Waals surface area contributed by atoms with Gasteiger partial charge in [0.25, 0.3) is 0 Å². The molecule has 3 aromatic rings. The van der Waals surface area contributed by atoms with Crippen molar-refractivity contribution in [2.45, 2.75) is 49.6 Å². The number of nitrogens with two attached hydrogens (primary N) is 1. The maximum absolute atomic E-state index is 13.2. The zero-order valence-electron chi connectivity index (χ0n) is 23.2. The topological polar surface area (TPSA) is 148 Å². The Morgan fingerprint density at radius 3 is 1.59 bits per heavy atom. The van der Waals surface area contributed by atoms with Crippen molar-refractivity contribution < 1.29 is 29.0 Å². The lowest BCUT2D eigenvalue weighted by Gasteiger charge is -2.36. The van der Waals surface area contributed by atoms with Gasteiger partial charge in [-0.1, -0.05) is 91.0 Å². The number of nitrogens with one attached hydrogen (secondary N) is 2. The van der Waals surface area contributed by atoms with Crippen molar-refractivity contribution in [3.05, 3.63) is 108 Å². The predicted octanol–water partition coefficient (Wildman–Crippen LogP) is 4.05. The molecule has 10 heteroatoms. The van der Waals surface area contributed by atoms with Gasteiger partial charge >= 0.3 is 12.1 Å². The van der Waals surface area contributed by atoms with Gasteiger partial charge in [-0.2, -0.15) is 0 Å². The van der Waals surface area contributed by atoms with E-state index in [0.29, 0.717) is 0 Å². The fourth-order valence-corrected chi connectivity index (χ4v) is 5.84. The van der Waals surface area contributed by atoms with Crippen LogP contribution in [0.2, 0.25) is 0 Å². The summed E-state index contributed by atoms with van der Waals surface area (Å²) in [7, 11) is 0. The molecule has 3 aromatic carbocycles. The van der Waals surface area contributed by atoms with Gasteiger partial charge in [0.15, 0.2) is 0 Å². The van der Waals surface area contributed by atoms with Gasteiger partial charge in [-0.15, -0.1) is 11.8 Å². The Kier molecular flexibility index (Phi) is 10.5. The highest BCUT2D eigenvalue weighted by molar-refractivity contribution is 8.00. The molecule has 2 atom stereocenters. The third-order valence-electron chi connectivity index (χ3n) is 6.03. The van der Waals surface area contributed by atoms with Crippen LogP contribution in [0.4, 0.5) is 4.79 Å². The summed E-state index contributed by atoms with van der Waals surface area (Å²) >= 11 is 1.35. The van der Waals surface area contributed by atoms with Gasteiger partial charge in [-0.3, -0.25) is 9.59 Å². The Bertz CT molecular complexity index is 1230. The first kappa shape index (κ1) is 31.2. The third-order valence-corrected chi connectivity index (χ3v) is 7.67. The summed E-state index contributed by atoms with van der Waals surface area (Å²) in [5.74, 6) is -3.04. The first-order chi connectivity index (χ1) is 19.4. The summed E-state index contributed by atoms with van der Waals surface area (Å²) in [6.07, 6.45) is -1.47. The van der Waals surface area contributed by atoms with Crippen LogP contribution in [-0.4, -0.2) is 52.4 Å². The molecular formula is C31H35N3O6S. The SMILES string of the molecule is CC(C)(C)OC(=O)NC(CC(N)=O)C(=O)NC(CSC(c1ccccc1)(c1ccccc1)c1ccccc1)C(=O)O. The molecule has 0 bridgehead atoms. The number of alkyl carbamates (subject to hydrolysis) is 1. The van der Waals surface area contributed by atoms with Crippen LogP contribution in [-0.2, 0) is 23.9 Å². The molecule has 216 valence electrons. The maximum atomic E-state index is 13.2. The minimum Gasteiger partial charge on any atom is -0.480 e. The van der Waals surface area contributed by atoms with E-state index in [2.05, 4.69) is 10.6 Å². The quantitative estimate of drug-likeness (QED) is 0.237. The molecule has 9 nitrogen and oxygen atoms in total. The van der Waals surface area contributed by atoms with E-state index < -0.39 is 52.7 Å². The number of carboxylic acid groups (broad SMARTS) is 1.